The molecule has 0 N–H and O–H groups in total. The smallest absolute Gasteiger partial charge is 0.219 e. The summed E-state index contributed by atoms with van der Waals surface area (Å²) < 4.78 is 6.20. The van der Waals surface area contributed by atoms with Gasteiger partial charge in [-0.15, -0.1) is 0 Å². The average molecular weight is 275 g/mol. The number of benzene rings is 1. The number of rotatable bonds is 2. The minimum atomic E-state index is 0.0800. The van der Waals surface area contributed by atoms with Gasteiger partial charge in [-0.25, -0.2) is 0 Å². The van der Waals surface area contributed by atoms with Crippen LogP contribution in [-0.4, -0.2) is 30.0 Å². The molecule has 20 heavy (non-hydrogen) atoms. The zero-order valence-corrected chi connectivity index (χ0v) is 13.0. The summed E-state index contributed by atoms with van der Waals surface area (Å²) in [5.74, 6) is 1.15. The highest BCUT2D eigenvalue weighted by Gasteiger charge is 2.24. The molecule has 0 aliphatic carbocycles. The van der Waals surface area contributed by atoms with Crippen molar-refractivity contribution in [3.63, 3.8) is 0 Å². The van der Waals surface area contributed by atoms with Crippen molar-refractivity contribution in [3.8, 4) is 5.75 Å². The molecule has 1 aliphatic heterocycles. The van der Waals surface area contributed by atoms with E-state index in [-0.39, 0.29) is 17.4 Å². The Labute approximate surface area is 121 Å². The van der Waals surface area contributed by atoms with E-state index in [1.807, 2.05) is 11.0 Å². The highest BCUT2D eigenvalue weighted by Crippen LogP contribution is 2.32. The van der Waals surface area contributed by atoms with Crippen molar-refractivity contribution in [1.82, 2.24) is 4.90 Å². The van der Waals surface area contributed by atoms with E-state index in [1.165, 1.54) is 5.56 Å². The third kappa shape index (κ3) is 3.53. The Morgan fingerprint density at radius 2 is 1.80 bits per heavy atom. The van der Waals surface area contributed by atoms with Gasteiger partial charge in [-0.2, -0.15) is 0 Å². The molecule has 0 bridgehead atoms. The molecule has 1 fully saturated rings. The lowest BCUT2D eigenvalue weighted by atomic mass is 9.86. The molecule has 0 unspecified atom stereocenters. The third-order valence-electron chi connectivity index (χ3n) is 3.88. The van der Waals surface area contributed by atoms with Gasteiger partial charge in [0.15, 0.2) is 0 Å². The van der Waals surface area contributed by atoms with Crippen molar-refractivity contribution in [2.45, 2.75) is 52.1 Å². The molecule has 0 atom stereocenters. The van der Waals surface area contributed by atoms with Gasteiger partial charge in [0.2, 0.25) is 5.91 Å². The summed E-state index contributed by atoms with van der Waals surface area (Å²) in [7, 11) is 0. The van der Waals surface area contributed by atoms with Crippen molar-refractivity contribution in [3.05, 3.63) is 29.8 Å². The lowest BCUT2D eigenvalue weighted by Gasteiger charge is -2.33. The van der Waals surface area contributed by atoms with Crippen LogP contribution in [0.3, 0.4) is 0 Å². The quantitative estimate of drug-likeness (QED) is 0.828. The van der Waals surface area contributed by atoms with Gasteiger partial charge in [-0.3, -0.25) is 4.79 Å². The van der Waals surface area contributed by atoms with Crippen LogP contribution >= 0.6 is 0 Å². The van der Waals surface area contributed by atoms with Crippen LogP contribution in [0, 0.1) is 0 Å². The fourth-order valence-electron chi connectivity index (χ4n) is 2.66. The van der Waals surface area contributed by atoms with Crippen LogP contribution < -0.4 is 4.74 Å². The summed E-state index contributed by atoms with van der Waals surface area (Å²) in [5, 5.41) is 0. The van der Waals surface area contributed by atoms with Gasteiger partial charge < -0.3 is 9.64 Å². The van der Waals surface area contributed by atoms with Crippen LogP contribution in [0.5, 0.6) is 5.75 Å². The summed E-state index contributed by atoms with van der Waals surface area (Å²) in [6.07, 6.45) is 2.05. The van der Waals surface area contributed by atoms with E-state index in [0.717, 1.165) is 31.7 Å². The Kier molecular flexibility index (Phi) is 4.36. The summed E-state index contributed by atoms with van der Waals surface area (Å²) in [4.78, 5) is 13.2. The molecule has 0 aromatic heterocycles. The number of amides is 1. The van der Waals surface area contributed by atoms with E-state index in [9.17, 15) is 4.79 Å². The number of piperidine rings is 1. The molecule has 1 heterocycles. The first-order valence-corrected chi connectivity index (χ1v) is 7.39. The predicted molar refractivity (Wildman–Crippen MR) is 81.0 cm³/mol. The van der Waals surface area contributed by atoms with Gasteiger partial charge in [0.05, 0.1) is 0 Å². The number of para-hydroxylation sites is 1. The van der Waals surface area contributed by atoms with Crippen molar-refractivity contribution in [2.75, 3.05) is 13.1 Å². The van der Waals surface area contributed by atoms with Crippen molar-refractivity contribution in [1.29, 1.82) is 0 Å². The standard InChI is InChI=1S/C17H25NO2/c1-13(19)18-11-9-14(10-12-18)20-16-8-6-5-7-15(16)17(2,3)4/h5-8,14H,9-12H2,1-4H3. The monoisotopic (exact) mass is 275 g/mol. The Bertz CT molecular complexity index is 468. The number of hydrogen-bond donors (Lipinski definition) is 0. The molecule has 0 spiro atoms. The maximum atomic E-state index is 11.3. The van der Waals surface area contributed by atoms with E-state index in [1.54, 1.807) is 6.92 Å². The molecule has 1 amide bonds. The Morgan fingerprint density at radius 1 is 1.20 bits per heavy atom. The van der Waals surface area contributed by atoms with Crippen molar-refractivity contribution >= 4 is 5.91 Å². The molecule has 1 aromatic rings. The van der Waals surface area contributed by atoms with Crippen LogP contribution in [0.25, 0.3) is 0 Å². The molecular weight excluding hydrogens is 250 g/mol. The van der Waals surface area contributed by atoms with E-state index in [2.05, 4.69) is 39.0 Å². The SMILES string of the molecule is CC(=O)N1CCC(Oc2ccccc2C(C)(C)C)CC1. The Morgan fingerprint density at radius 3 is 2.35 bits per heavy atom. The van der Waals surface area contributed by atoms with E-state index < -0.39 is 0 Å². The van der Waals surface area contributed by atoms with Crippen molar-refractivity contribution in [2.24, 2.45) is 0 Å². The molecule has 1 aromatic carbocycles. The Hall–Kier alpha value is -1.51. The van der Waals surface area contributed by atoms with Gasteiger partial charge in [0.25, 0.3) is 0 Å². The highest BCUT2D eigenvalue weighted by atomic mass is 16.5. The number of likely N-dealkylation sites (tertiary alicyclic amines) is 1. The molecule has 1 saturated heterocycles. The molecular formula is C17H25NO2. The topological polar surface area (TPSA) is 29.5 Å². The third-order valence-corrected chi connectivity index (χ3v) is 3.88. The largest absolute Gasteiger partial charge is 0.490 e. The summed E-state index contributed by atoms with van der Waals surface area (Å²) in [6, 6.07) is 8.28. The molecule has 0 saturated carbocycles. The lowest BCUT2D eigenvalue weighted by Crippen LogP contribution is -2.40. The predicted octanol–water partition coefficient (Wildman–Crippen LogP) is 3.37. The van der Waals surface area contributed by atoms with Crippen LogP contribution in [0.15, 0.2) is 24.3 Å². The molecule has 110 valence electrons. The zero-order chi connectivity index (χ0) is 14.8. The van der Waals surface area contributed by atoms with Gasteiger partial charge in [0, 0.05) is 32.9 Å². The summed E-state index contributed by atoms with van der Waals surface area (Å²) in [5.41, 5.74) is 1.32. The maximum Gasteiger partial charge on any atom is 0.219 e. The first-order chi connectivity index (χ1) is 9.38. The van der Waals surface area contributed by atoms with Gasteiger partial charge >= 0.3 is 0 Å². The molecule has 2 rings (SSSR count). The minimum Gasteiger partial charge on any atom is -0.490 e. The number of ether oxygens (including phenoxy) is 1. The summed E-state index contributed by atoms with van der Waals surface area (Å²) in [6.45, 7) is 9.85. The second kappa shape index (κ2) is 5.86. The fraction of sp³-hybridized carbons (Fsp3) is 0.588. The lowest BCUT2D eigenvalue weighted by molar-refractivity contribution is -0.130. The first kappa shape index (κ1) is 14.9. The minimum absolute atomic E-state index is 0.0800. The highest BCUT2D eigenvalue weighted by molar-refractivity contribution is 5.73. The number of carbonyl (C=O) groups is 1. The van der Waals surface area contributed by atoms with Crippen LogP contribution in [0.2, 0.25) is 0 Å². The second-order valence-electron chi connectivity index (χ2n) is 6.57. The van der Waals surface area contributed by atoms with Gasteiger partial charge in [0.1, 0.15) is 11.9 Å². The van der Waals surface area contributed by atoms with Crippen LogP contribution in [-0.2, 0) is 10.2 Å². The van der Waals surface area contributed by atoms with E-state index >= 15 is 0 Å². The molecule has 0 radical (unpaired) electrons. The van der Waals surface area contributed by atoms with Crippen LogP contribution in [0.4, 0.5) is 0 Å². The average Bonchev–Trinajstić information content (AvgIpc) is 2.38. The number of carbonyl (C=O) groups excluding carboxylic acids is 1. The van der Waals surface area contributed by atoms with E-state index in [0.29, 0.717) is 0 Å². The zero-order valence-electron chi connectivity index (χ0n) is 13.0. The van der Waals surface area contributed by atoms with Crippen LogP contribution in [0.1, 0.15) is 46.1 Å². The fourth-order valence-corrected chi connectivity index (χ4v) is 2.66. The molecule has 3 heteroatoms. The van der Waals surface area contributed by atoms with Crippen molar-refractivity contribution < 1.29 is 9.53 Å². The Balaban J connectivity index is 2.03. The van der Waals surface area contributed by atoms with Gasteiger partial charge in [-0.05, 0) is 17.0 Å². The maximum absolute atomic E-state index is 11.3. The number of hydrogen-bond acceptors (Lipinski definition) is 2. The number of nitrogens with zero attached hydrogens (tertiary/aromatic N) is 1. The second-order valence-corrected chi connectivity index (χ2v) is 6.57. The van der Waals surface area contributed by atoms with Gasteiger partial charge in [-0.1, -0.05) is 39.0 Å². The molecule has 1 aliphatic rings. The molecule has 3 nitrogen and oxygen atoms in total. The first-order valence-electron chi connectivity index (χ1n) is 7.39. The normalized spacial score (nSPS) is 17.1. The summed E-state index contributed by atoms with van der Waals surface area (Å²) >= 11 is 0. The van der Waals surface area contributed by atoms with E-state index in [4.69, 9.17) is 4.74 Å².